The summed E-state index contributed by atoms with van der Waals surface area (Å²) in [4.78, 5) is 12.1. The van der Waals surface area contributed by atoms with Crippen molar-refractivity contribution in [1.29, 1.82) is 0 Å². The first kappa shape index (κ1) is 13.4. The Labute approximate surface area is 112 Å². The number of esters is 1. The van der Waals surface area contributed by atoms with Gasteiger partial charge in [0.25, 0.3) is 0 Å². The maximum atomic E-state index is 12.1. The van der Waals surface area contributed by atoms with Crippen LogP contribution >= 0.6 is 0 Å². The van der Waals surface area contributed by atoms with Crippen LogP contribution in [0.15, 0.2) is 29.4 Å². The molecule has 0 amide bonds. The largest absolute Gasteiger partial charge is 0.465 e. The van der Waals surface area contributed by atoms with Crippen LogP contribution in [0.25, 0.3) is 0 Å². The number of benzene rings is 1. The molecule has 5 nitrogen and oxygen atoms in total. The van der Waals surface area contributed by atoms with Crippen LogP contribution < -0.4 is 5.73 Å². The quantitative estimate of drug-likeness (QED) is 0.285. The van der Waals surface area contributed by atoms with Crippen LogP contribution in [-0.2, 0) is 14.9 Å². The highest BCUT2D eigenvalue weighted by molar-refractivity contribution is 5.97. The van der Waals surface area contributed by atoms with E-state index < -0.39 is 5.41 Å². The zero-order valence-electron chi connectivity index (χ0n) is 10.9. The topological polar surface area (TPSA) is 84.9 Å². The molecular weight excluding hydrogens is 244 g/mol. The summed E-state index contributed by atoms with van der Waals surface area (Å²) in [5, 5.41) is 11.6. The Morgan fingerprint density at radius 2 is 2.05 bits per heavy atom. The number of ether oxygens (including phenoxy) is 1. The van der Waals surface area contributed by atoms with Gasteiger partial charge in [0.1, 0.15) is 0 Å². The molecule has 0 aromatic heterocycles. The number of oxime groups is 1. The van der Waals surface area contributed by atoms with Crippen LogP contribution in [0.2, 0.25) is 0 Å². The Bertz CT molecular complexity index is 490. The molecule has 0 heterocycles. The van der Waals surface area contributed by atoms with Crippen molar-refractivity contribution < 1.29 is 14.7 Å². The Kier molecular flexibility index (Phi) is 3.74. The first-order valence-corrected chi connectivity index (χ1v) is 6.39. The fraction of sp³-hybridized carbons (Fsp3) is 0.429. The molecule has 102 valence electrons. The predicted molar refractivity (Wildman–Crippen MR) is 71.1 cm³/mol. The normalized spacial score (nSPS) is 17.6. The Hall–Kier alpha value is -2.04. The molecule has 1 aromatic carbocycles. The number of carbonyl (C=O) groups excluding carboxylic acids is 1. The van der Waals surface area contributed by atoms with E-state index in [0.29, 0.717) is 12.2 Å². The average molecular weight is 262 g/mol. The highest BCUT2D eigenvalue weighted by Crippen LogP contribution is 2.44. The predicted octanol–water partition coefficient (Wildman–Crippen LogP) is 1.77. The third-order valence-corrected chi connectivity index (χ3v) is 3.71. The van der Waals surface area contributed by atoms with Crippen molar-refractivity contribution in [2.75, 3.05) is 6.61 Å². The molecule has 3 N–H and O–H groups in total. The average Bonchev–Trinajstić information content (AvgIpc) is 2.38. The molecule has 1 saturated carbocycles. The zero-order chi connectivity index (χ0) is 13.9. The van der Waals surface area contributed by atoms with E-state index in [2.05, 4.69) is 5.16 Å². The standard InChI is InChI=1S/C14H18N2O3/c1-2-19-13(17)14(8-3-9-14)11-6-4-10(5-7-11)12(15)16-18/h4-7,18H,2-3,8-9H2,1H3,(H2,15,16). The minimum atomic E-state index is -0.500. The van der Waals surface area contributed by atoms with E-state index >= 15 is 0 Å². The van der Waals surface area contributed by atoms with Gasteiger partial charge in [0.05, 0.1) is 12.0 Å². The molecule has 19 heavy (non-hydrogen) atoms. The summed E-state index contributed by atoms with van der Waals surface area (Å²) in [6.07, 6.45) is 2.66. The van der Waals surface area contributed by atoms with Gasteiger partial charge in [-0.15, -0.1) is 0 Å². The minimum Gasteiger partial charge on any atom is -0.465 e. The molecule has 0 saturated heterocycles. The fourth-order valence-electron chi connectivity index (χ4n) is 2.43. The van der Waals surface area contributed by atoms with Crippen molar-refractivity contribution in [3.63, 3.8) is 0 Å². The molecule has 0 bridgehead atoms. The van der Waals surface area contributed by atoms with E-state index in [-0.39, 0.29) is 11.8 Å². The highest BCUT2D eigenvalue weighted by atomic mass is 16.5. The van der Waals surface area contributed by atoms with Crippen LogP contribution in [0.1, 0.15) is 37.3 Å². The number of rotatable bonds is 4. The number of hydrogen-bond donors (Lipinski definition) is 2. The first-order valence-electron chi connectivity index (χ1n) is 6.39. The van der Waals surface area contributed by atoms with Gasteiger partial charge in [-0.3, -0.25) is 4.79 Å². The van der Waals surface area contributed by atoms with Gasteiger partial charge in [-0.1, -0.05) is 35.8 Å². The number of nitrogens with zero attached hydrogens (tertiary/aromatic N) is 1. The number of amidine groups is 1. The lowest BCUT2D eigenvalue weighted by molar-refractivity contribution is -0.153. The third-order valence-electron chi connectivity index (χ3n) is 3.71. The smallest absolute Gasteiger partial charge is 0.316 e. The van der Waals surface area contributed by atoms with Crippen molar-refractivity contribution in [1.82, 2.24) is 0 Å². The van der Waals surface area contributed by atoms with E-state index in [1.54, 1.807) is 12.1 Å². The molecule has 0 spiro atoms. The molecule has 2 rings (SSSR count). The second-order valence-electron chi connectivity index (χ2n) is 4.72. The monoisotopic (exact) mass is 262 g/mol. The van der Waals surface area contributed by atoms with Crippen LogP contribution in [0.3, 0.4) is 0 Å². The molecular formula is C14H18N2O3. The minimum absolute atomic E-state index is 0.0605. The van der Waals surface area contributed by atoms with Crippen molar-refractivity contribution in [2.45, 2.75) is 31.6 Å². The van der Waals surface area contributed by atoms with Gasteiger partial charge in [0.2, 0.25) is 0 Å². The second kappa shape index (κ2) is 5.30. The molecule has 0 atom stereocenters. The van der Waals surface area contributed by atoms with Crippen molar-refractivity contribution >= 4 is 11.8 Å². The van der Waals surface area contributed by atoms with Gasteiger partial charge in [-0.05, 0) is 25.3 Å². The molecule has 1 fully saturated rings. The van der Waals surface area contributed by atoms with E-state index in [9.17, 15) is 4.79 Å². The second-order valence-corrected chi connectivity index (χ2v) is 4.72. The summed E-state index contributed by atoms with van der Waals surface area (Å²) in [5.74, 6) is -0.0943. The molecule has 0 aliphatic heterocycles. The van der Waals surface area contributed by atoms with Crippen LogP contribution in [-0.4, -0.2) is 23.6 Å². The van der Waals surface area contributed by atoms with Crippen LogP contribution in [0, 0.1) is 0 Å². The molecule has 5 heteroatoms. The molecule has 1 aromatic rings. The Morgan fingerprint density at radius 1 is 1.42 bits per heavy atom. The van der Waals surface area contributed by atoms with Crippen LogP contribution in [0.4, 0.5) is 0 Å². The van der Waals surface area contributed by atoms with Gasteiger partial charge in [0, 0.05) is 5.56 Å². The number of nitrogens with two attached hydrogens (primary N) is 1. The van der Waals surface area contributed by atoms with E-state index in [1.165, 1.54) is 0 Å². The SMILES string of the molecule is CCOC(=O)C1(c2ccc(/C(N)=N\O)cc2)CCC1. The Morgan fingerprint density at radius 3 is 2.47 bits per heavy atom. The summed E-state index contributed by atoms with van der Waals surface area (Å²) in [5.41, 5.74) is 6.58. The Balaban J connectivity index is 2.27. The van der Waals surface area contributed by atoms with Crippen molar-refractivity contribution in [3.8, 4) is 0 Å². The molecule has 0 unspecified atom stereocenters. The summed E-state index contributed by atoms with van der Waals surface area (Å²) in [7, 11) is 0. The van der Waals surface area contributed by atoms with Crippen molar-refractivity contribution in [2.24, 2.45) is 10.9 Å². The lowest BCUT2D eigenvalue weighted by Gasteiger charge is -2.39. The maximum absolute atomic E-state index is 12.1. The molecule has 1 aliphatic carbocycles. The number of carbonyl (C=O) groups is 1. The van der Waals surface area contributed by atoms with E-state index in [0.717, 1.165) is 24.8 Å². The first-order chi connectivity index (χ1) is 9.14. The lowest BCUT2D eigenvalue weighted by atomic mass is 9.64. The third kappa shape index (κ3) is 2.28. The summed E-state index contributed by atoms with van der Waals surface area (Å²) >= 11 is 0. The van der Waals surface area contributed by atoms with Gasteiger partial charge < -0.3 is 15.7 Å². The highest BCUT2D eigenvalue weighted by Gasteiger charge is 2.46. The van der Waals surface area contributed by atoms with Crippen molar-refractivity contribution in [3.05, 3.63) is 35.4 Å². The maximum Gasteiger partial charge on any atom is 0.316 e. The van der Waals surface area contributed by atoms with Gasteiger partial charge in [-0.25, -0.2) is 0 Å². The molecule has 1 aliphatic rings. The fourth-order valence-corrected chi connectivity index (χ4v) is 2.43. The van der Waals surface area contributed by atoms with Gasteiger partial charge in [-0.2, -0.15) is 0 Å². The zero-order valence-corrected chi connectivity index (χ0v) is 10.9. The van der Waals surface area contributed by atoms with Gasteiger partial charge >= 0.3 is 5.97 Å². The number of hydrogen-bond acceptors (Lipinski definition) is 4. The lowest BCUT2D eigenvalue weighted by Crippen LogP contribution is -2.43. The molecule has 0 radical (unpaired) electrons. The summed E-state index contributed by atoms with van der Waals surface area (Å²) in [6.45, 7) is 2.20. The summed E-state index contributed by atoms with van der Waals surface area (Å²) in [6, 6.07) is 7.21. The van der Waals surface area contributed by atoms with E-state index in [4.69, 9.17) is 15.7 Å². The summed E-state index contributed by atoms with van der Waals surface area (Å²) < 4.78 is 5.18. The van der Waals surface area contributed by atoms with Crippen LogP contribution in [0.5, 0.6) is 0 Å². The van der Waals surface area contributed by atoms with Gasteiger partial charge in [0.15, 0.2) is 5.84 Å². The van der Waals surface area contributed by atoms with E-state index in [1.807, 2.05) is 19.1 Å².